The summed E-state index contributed by atoms with van der Waals surface area (Å²) in [5, 5.41) is 10.1. The van der Waals surface area contributed by atoms with Crippen molar-refractivity contribution in [3.8, 4) is 0 Å². The van der Waals surface area contributed by atoms with Crippen LogP contribution >= 0.6 is 11.6 Å². The topological polar surface area (TPSA) is 70.5 Å². The molecule has 1 fully saturated rings. The lowest BCUT2D eigenvalue weighted by molar-refractivity contribution is 0.256. The zero-order valence-corrected chi connectivity index (χ0v) is 18.7. The number of rotatable bonds is 5. The Hall–Kier alpha value is -1.73. The summed E-state index contributed by atoms with van der Waals surface area (Å²) in [5.41, 5.74) is 5.60. The number of halogens is 1. The summed E-state index contributed by atoms with van der Waals surface area (Å²) < 4.78 is 25.5. The van der Waals surface area contributed by atoms with E-state index < -0.39 is 10.0 Å². The number of sulfonamides is 1. The van der Waals surface area contributed by atoms with Gasteiger partial charge in [0.1, 0.15) is 0 Å². The van der Waals surface area contributed by atoms with Gasteiger partial charge in [-0.05, 0) is 72.1 Å². The van der Waals surface area contributed by atoms with Gasteiger partial charge in [0.15, 0.2) is 0 Å². The third-order valence-electron chi connectivity index (χ3n) is 6.24. The van der Waals surface area contributed by atoms with Gasteiger partial charge in [0.2, 0.25) is 10.0 Å². The number of aromatic nitrogens is 1. The van der Waals surface area contributed by atoms with Gasteiger partial charge in [0, 0.05) is 36.8 Å². The monoisotopic (exact) mass is 446 g/mol. The van der Waals surface area contributed by atoms with Crippen LogP contribution in [0.4, 0.5) is 0 Å². The van der Waals surface area contributed by atoms with Gasteiger partial charge in [0.25, 0.3) is 0 Å². The maximum absolute atomic E-state index is 12.0. The first kappa shape index (κ1) is 21.5. The predicted molar refractivity (Wildman–Crippen MR) is 121 cm³/mol. The normalized spacial score (nSPS) is 20.2. The third kappa shape index (κ3) is 4.33. The van der Waals surface area contributed by atoms with E-state index in [1.54, 1.807) is 4.31 Å². The van der Waals surface area contributed by atoms with Crippen molar-refractivity contribution >= 4 is 33.3 Å². The smallest absolute Gasteiger partial charge is 0.211 e. The Morgan fingerprint density at radius 1 is 1.23 bits per heavy atom. The summed E-state index contributed by atoms with van der Waals surface area (Å²) in [6, 6.07) is 10.1. The molecule has 1 aromatic carbocycles. The van der Waals surface area contributed by atoms with E-state index in [1.807, 2.05) is 24.4 Å². The van der Waals surface area contributed by atoms with E-state index >= 15 is 0 Å². The van der Waals surface area contributed by atoms with Crippen LogP contribution in [-0.2, 0) is 10.0 Å². The average molecular weight is 447 g/mol. The first-order chi connectivity index (χ1) is 14.4. The number of hydrogen-bond acceptors (Lipinski definition) is 4. The molecule has 0 saturated carbocycles. The van der Waals surface area contributed by atoms with Crippen LogP contribution in [0.15, 0.2) is 36.5 Å². The Bertz CT molecular complexity index is 1060. The largest absolute Gasteiger partial charge is 0.396 e. The highest BCUT2D eigenvalue weighted by atomic mass is 35.5. The molecule has 1 saturated heterocycles. The van der Waals surface area contributed by atoms with Crippen molar-refractivity contribution < 1.29 is 13.5 Å². The van der Waals surface area contributed by atoms with E-state index in [9.17, 15) is 13.5 Å². The minimum absolute atomic E-state index is 0.0815. The van der Waals surface area contributed by atoms with Crippen LogP contribution in [0.3, 0.4) is 0 Å². The maximum Gasteiger partial charge on any atom is 0.211 e. The summed E-state index contributed by atoms with van der Waals surface area (Å²) in [5.74, 6) is 0.375. The summed E-state index contributed by atoms with van der Waals surface area (Å²) in [4.78, 5) is 4.82. The van der Waals surface area contributed by atoms with Crippen LogP contribution in [0.1, 0.15) is 54.0 Å². The lowest BCUT2D eigenvalue weighted by Crippen LogP contribution is -2.39. The molecule has 4 rings (SSSR count). The van der Waals surface area contributed by atoms with Crippen molar-refractivity contribution in [1.29, 1.82) is 0 Å². The summed E-state index contributed by atoms with van der Waals surface area (Å²) in [7, 11) is -3.17. The van der Waals surface area contributed by atoms with Crippen LogP contribution in [0.25, 0.3) is 11.6 Å². The molecule has 0 bridgehead atoms. The second-order valence-corrected chi connectivity index (χ2v) is 10.6. The second-order valence-electron chi connectivity index (χ2n) is 8.18. The average Bonchev–Trinajstić information content (AvgIpc) is 2.86. The van der Waals surface area contributed by atoms with Gasteiger partial charge in [-0.2, -0.15) is 0 Å². The van der Waals surface area contributed by atoms with Crippen LogP contribution in [0.2, 0.25) is 5.02 Å². The van der Waals surface area contributed by atoms with Crippen molar-refractivity contribution in [1.82, 2.24) is 9.29 Å². The molecular weight excluding hydrogens is 420 g/mol. The highest BCUT2D eigenvalue weighted by molar-refractivity contribution is 7.88. The van der Waals surface area contributed by atoms with Gasteiger partial charge >= 0.3 is 0 Å². The van der Waals surface area contributed by atoms with E-state index in [2.05, 4.69) is 18.2 Å². The van der Waals surface area contributed by atoms with Crippen molar-refractivity contribution in [2.45, 2.75) is 31.6 Å². The van der Waals surface area contributed by atoms with Crippen LogP contribution in [0, 0.1) is 5.92 Å². The lowest BCUT2D eigenvalue weighted by atomic mass is 9.76. The number of hydrogen-bond donors (Lipinski definition) is 1. The Morgan fingerprint density at radius 2 is 2.00 bits per heavy atom. The maximum atomic E-state index is 12.0. The van der Waals surface area contributed by atoms with E-state index in [-0.39, 0.29) is 12.5 Å². The molecule has 5 nitrogen and oxygen atoms in total. The van der Waals surface area contributed by atoms with Crippen molar-refractivity contribution in [3.05, 3.63) is 63.9 Å². The fourth-order valence-corrected chi connectivity index (χ4v) is 5.85. The predicted octanol–water partition coefficient (Wildman–Crippen LogP) is 4.17. The molecule has 2 aliphatic rings. The molecule has 1 N–H and O–H groups in total. The van der Waals surface area contributed by atoms with E-state index in [0.717, 1.165) is 41.7 Å². The Morgan fingerprint density at radius 3 is 2.70 bits per heavy atom. The molecule has 7 heteroatoms. The van der Waals surface area contributed by atoms with Gasteiger partial charge in [0.05, 0.1) is 11.9 Å². The highest BCUT2D eigenvalue weighted by Crippen LogP contribution is 2.45. The standard InChI is InChI=1S/C23H27ClN2O3S/c1-30(28,29)26-11-8-16(9-12-26)22-20-7-6-19(24)15-18(20)14-17(4-3-13-27)21-5-2-10-25-23(21)22/h2,5-7,10,14-16,22,27H,3-4,8-9,11-13H2,1H3. The molecule has 1 aliphatic heterocycles. The molecule has 2 aromatic rings. The second kappa shape index (κ2) is 8.79. The summed E-state index contributed by atoms with van der Waals surface area (Å²) in [6.07, 6.45) is 8.34. The summed E-state index contributed by atoms with van der Waals surface area (Å²) >= 11 is 6.34. The highest BCUT2D eigenvalue weighted by Gasteiger charge is 2.35. The summed E-state index contributed by atoms with van der Waals surface area (Å²) in [6.45, 7) is 1.22. The zero-order chi connectivity index (χ0) is 21.3. The van der Waals surface area contributed by atoms with E-state index in [4.69, 9.17) is 16.6 Å². The molecule has 30 heavy (non-hydrogen) atoms. The van der Waals surface area contributed by atoms with Crippen molar-refractivity contribution in [3.63, 3.8) is 0 Å². The fraction of sp³-hybridized carbons (Fsp3) is 0.435. The number of piperidine rings is 1. The lowest BCUT2D eigenvalue weighted by Gasteiger charge is -2.35. The first-order valence-electron chi connectivity index (χ1n) is 10.4. The van der Waals surface area contributed by atoms with Crippen LogP contribution in [0.5, 0.6) is 0 Å². The molecule has 1 atom stereocenters. The van der Waals surface area contributed by atoms with Crippen LogP contribution < -0.4 is 0 Å². The SMILES string of the molecule is CS(=O)(=O)N1CCC(C2c3ccc(Cl)cc3C=C(CCCO)c3cccnc32)CC1. The third-order valence-corrected chi connectivity index (χ3v) is 7.77. The number of aliphatic hydroxyl groups excluding tert-OH is 1. The van der Waals surface area contributed by atoms with Gasteiger partial charge in [-0.3, -0.25) is 4.98 Å². The molecule has 1 unspecified atom stereocenters. The van der Waals surface area contributed by atoms with E-state index in [1.165, 1.54) is 11.8 Å². The number of fused-ring (bicyclic) bond motifs is 2. The Balaban J connectivity index is 1.79. The number of pyridine rings is 1. The van der Waals surface area contributed by atoms with Gasteiger partial charge < -0.3 is 5.11 Å². The van der Waals surface area contributed by atoms with Crippen LogP contribution in [-0.4, -0.2) is 48.8 Å². The molecule has 0 spiro atoms. The number of aliphatic hydroxyl groups is 1. The molecule has 2 heterocycles. The van der Waals surface area contributed by atoms with Gasteiger partial charge in [-0.25, -0.2) is 12.7 Å². The molecule has 0 radical (unpaired) electrons. The number of nitrogens with zero attached hydrogens (tertiary/aromatic N) is 2. The molecular formula is C23H27ClN2O3S. The fourth-order valence-electron chi connectivity index (χ4n) is 4.80. The minimum atomic E-state index is -3.17. The van der Waals surface area contributed by atoms with Crippen molar-refractivity contribution in [2.24, 2.45) is 5.92 Å². The first-order valence-corrected chi connectivity index (χ1v) is 12.6. The van der Waals surface area contributed by atoms with Gasteiger partial charge in [-0.1, -0.05) is 29.8 Å². The zero-order valence-electron chi connectivity index (χ0n) is 17.1. The molecule has 1 aliphatic carbocycles. The van der Waals surface area contributed by atoms with Gasteiger partial charge in [-0.15, -0.1) is 0 Å². The van der Waals surface area contributed by atoms with Crippen molar-refractivity contribution in [2.75, 3.05) is 26.0 Å². The van der Waals surface area contributed by atoms with E-state index in [0.29, 0.717) is 30.5 Å². The minimum Gasteiger partial charge on any atom is -0.396 e. The quantitative estimate of drug-likeness (QED) is 0.748. The Labute approximate surface area is 183 Å². The Kier molecular flexibility index (Phi) is 6.30. The molecule has 1 aromatic heterocycles. The number of benzene rings is 1. The molecule has 160 valence electrons. The molecule has 0 amide bonds. The number of allylic oxidation sites excluding steroid dienone is 1.